The molecule has 0 aliphatic heterocycles. The van der Waals surface area contributed by atoms with Crippen molar-refractivity contribution < 1.29 is 4.48 Å². The summed E-state index contributed by atoms with van der Waals surface area (Å²) in [6.07, 6.45) is 16.9. The molecule has 0 bridgehead atoms. The van der Waals surface area contributed by atoms with Crippen molar-refractivity contribution in [3.05, 3.63) is 72.4 Å². The lowest BCUT2D eigenvalue weighted by Gasteiger charge is -2.38. The predicted molar refractivity (Wildman–Crippen MR) is 103 cm³/mol. The summed E-state index contributed by atoms with van der Waals surface area (Å²) in [5, 5.41) is 0. The van der Waals surface area contributed by atoms with E-state index in [2.05, 4.69) is 87.6 Å². The molecule has 0 spiro atoms. The molecule has 0 aliphatic rings. The van der Waals surface area contributed by atoms with E-state index in [-0.39, 0.29) is 0 Å². The molecule has 0 heterocycles. The van der Waals surface area contributed by atoms with Gasteiger partial charge in [-0.2, -0.15) is 0 Å². The van der Waals surface area contributed by atoms with Crippen LogP contribution in [0, 0.1) is 0 Å². The van der Waals surface area contributed by atoms with E-state index >= 15 is 0 Å². The highest BCUT2D eigenvalue weighted by Crippen LogP contribution is 2.19. The molecule has 0 aliphatic carbocycles. The summed E-state index contributed by atoms with van der Waals surface area (Å²) in [6, 6.07) is 11.0. The second-order valence-electron chi connectivity index (χ2n) is 6.23. The molecular formula is C22H34N+. The topological polar surface area (TPSA) is 0 Å². The zero-order valence-corrected chi connectivity index (χ0v) is 15.2. The Balaban J connectivity index is 2.92. The minimum atomic E-state index is 1.13. The fraction of sp³-hybridized carbons (Fsp3) is 0.455. The molecule has 0 amide bonds. The Labute approximate surface area is 143 Å². The molecule has 1 aromatic carbocycles. The molecule has 126 valence electrons. The lowest BCUT2D eigenvalue weighted by molar-refractivity contribution is -0.940. The summed E-state index contributed by atoms with van der Waals surface area (Å²) >= 11 is 0. The van der Waals surface area contributed by atoms with Gasteiger partial charge < -0.3 is 4.48 Å². The zero-order chi connectivity index (χ0) is 16.8. The van der Waals surface area contributed by atoms with Crippen molar-refractivity contribution in [3.8, 4) is 0 Å². The van der Waals surface area contributed by atoms with Crippen molar-refractivity contribution in [2.24, 2.45) is 0 Å². The summed E-state index contributed by atoms with van der Waals surface area (Å²) in [5.74, 6) is 0. The molecule has 1 rings (SSSR count). The van der Waals surface area contributed by atoms with Crippen LogP contribution in [-0.4, -0.2) is 24.1 Å². The summed E-state index contributed by atoms with van der Waals surface area (Å²) in [6.45, 7) is 11.1. The second-order valence-corrected chi connectivity index (χ2v) is 6.23. The van der Waals surface area contributed by atoms with Crippen LogP contribution in [0.2, 0.25) is 0 Å². The molecule has 0 radical (unpaired) electrons. The molecule has 0 atom stereocenters. The van der Waals surface area contributed by atoms with Crippen molar-refractivity contribution in [2.75, 3.05) is 19.6 Å². The van der Waals surface area contributed by atoms with E-state index in [4.69, 9.17) is 0 Å². The summed E-state index contributed by atoms with van der Waals surface area (Å²) < 4.78 is 1.17. The molecule has 0 N–H and O–H groups in total. The van der Waals surface area contributed by atoms with Gasteiger partial charge in [-0.25, -0.2) is 0 Å². The van der Waals surface area contributed by atoms with Gasteiger partial charge in [0.1, 0.15) is 6.54 Å². The van der Waals surface area contributed by atoms with Crippen LogP contribution < -0.4 is 0 Å². The number of benzene rings is 1. The van der Waals surface area contributed by atoms with E-state index in [9.17, 15) is 0 Å². The fourth-order valence-corrected chi connectivity index (χ4v) is 3.09. The maximum atomic E-state index is 2.31. The monoisotopic (exact) mass is 312 g/mol. The SMILES string of the molecule is C/C=C/CC[N+](CC/C=C/C)(CC/C=C/C)Cc1ccccc1. The second kappa shape index (κ2) is 11.9. The largest absolute Gasteiger partial charge is 0.319 e. The number of hydrogen-bond donors (Lipinski definition) is 0. The minimum absolute atomic E-state index is 1.13. The lowest BCUT2D eigenvalue weighted by atomic mass is 10.1. The van der Waals surface area contributed by atoms with Gasteiger partial charge >= 0.3 is 0 Å². The van der Waals surface area contributed by atoms with E-state index in [0.717, 1.165) is 25.8 Å². The maximum absolute atomic E-state index is 2.31. The van der Waals surface area contributed by atoms with Gasteiger partial charge in [0.2, 0.25) is 0 Å². The molecule has 0 fully saturated rings. The predicted octanol–water partition coefficient (Wildman–Crippen LogP) is 5.90. The number of hydrogen-bond acceptors (Lipinski definition) is 0. The van der Waals surface area contributed by atoms with E-state index in [1.165, 1.54) is 29.7 Å². The minimum Gasteiger partial charge on any atom is -0.319 e. The third kappa shape index (κ3) is 7.99. The van der Waals surface area contributed by atoms with E-state index in [1.807, 2.05) is 0 Å². The average Bonchev–Trinajstić information content (AvgIpc) is 2.56. The molecule has 0 aromatic heterocycles. The van der Waals surface area contributed by atoms with Crippen LogP contribution in [0.5, 0.6) is 0 Å². The number of rotatable bonds is 11. The maximum Gasteiger partial charge on any atom is 0.104 e. The van der Waals surface area contributed by atoms with Crippen molar-refractivity contribution in [2.45, 2.75) is 46.6 Å². The molecule has 0 unspecified atom stereocenters. The smallest absolute Gasteiger partial charge is 0.104 e. The van der Waals surface area contributed by atoms with Crippen LogP contribution in [0.3, 0.4) is 0 Å². The molecule has 0 saturated heterocycles. The standard InChI is InChI=1S/C22H34N/c1-4-7-13-18-23(19-14-8-5-2,20-15-9-6-3)21-22-16-11-10-12-17-22/h4-12,16-17H,13-15,18-21H2,1-3H3/q+1/b7-4+,8-5+,9-6+. The first-order valence-corrected chi connectivity index (χ1v) is 8.99. The fourth-order valence-electron chi connectivity index (χ4n) is 3.09. The number of nitrogens with zero attached hydrogens (tertiary/aromatic N) is 1. The Morgan fingerprint density at radius 2 is 1.13 bits per heavy atom. The van der Waals surface area contributed by atoms with Crippen LogP contribution in [0.15, 0.2) is 66.8 Å². The Morgan fingerprint density at radius 3 is 1.52 bits per heavy atom. The highest BCUT2D eigenvalue weighted by molar-refractivity contribution is 5.13. The van der Waals surface area contributed by atoms with E-state index in [0.29, 0.717) is 0 Å². The Morgan fingerprint density at radius 1 is 0.696 bits per heavy atom. The Hall–Kier alpha value is -1.60. The van der Waals surface area contributed by atoms with Gasteiger partial charge in [-0.15, -0.1) is 0 Å². The number of quaternary nitrogens is 1. The number of allylic oxidation sites excluding steroid dienone is 3. The first kappa shape index (κ1) is 19.4. The summed E-state index contributed by atoms with van der Waals surface area (Å²) in [5.41, 5.74) is 1.45. The zero-order valence-electron chi connectivity index (χ0n) is 15.2. The first-order chi connectivity index (χ1) is 11.3. The van der Waals surface area contributed by atoms with Gasteiger partial charge in [0, 0.05) is 24.8 Å². The summed E-state index contributed by atoms with van der Waals surface area (Å²) in [4.78, 5) is 0. The molecule has 1 nitrogen and oxygen atoms in total. The van der Waals surface area contributed by atoms with Crippen LogP contribution in [0.1, 0.15) is 45.6 Å². The quantitative estimate of drug-likeness (QED) is 0.352. The Kier molecular flexibility index (Phi) is 10.1. The Bertz CT molecular complexity index is 441. The highest BCUT2D eigenvalue weighted by Gasteiger charge is 2.25. The molecule has 0 saturated carbocycles. The van der Waals surface area contributed by atoms with Gasteiger partial charge in [0.15, 0.2) is 0 Å². The lowest BCUT2D eigenvalue weighted by Crippen LogP contribution is -2.49. The van der Waals surface area contributed by atoms with Gasteiger partial charge in [-0.05, 0) is 20.8 Å². The van der Waals surface area contributed by atoms with Crippen LogP contribution in [-0.2, 0) is 6.54 Å². The van der Waals surface area contributed by atoms with Crippen LogP contribution in [0.4, 0.5) is 0 Å². The summed E-state index contributed by atoms with van der Waals surface area (Å²) in [7, 11) is 0. The van der Waals surface area contributed by atoms with Gasteiger partial charge in [0.05, 0.1) is 19.6 Å². The highest BCUT2D eigenvalue weighted by atomic mass is 15.3. The average molecular weight is 313 g/mol. The first-order valence-electron chi connectivity index (χ1n) is 8.99. The van der Waals surface area contributed by atoms with Crippen molar-refractivity contribution in [1.82, 2.24) is 0 Å². The van der Waals surface area contributed by atoms with E-state index in [1.54, 1.807) is 0 Å². The van der Waals surface area contributed by atoms with Gasteiger partial charge in [-0.1, -0.05) is 66.8 Å². The van der Waals surface area contributed by atoms with Gasteiger partial charge in [0.25, 0.3) is 0 Å². The van der Waals surface area contributed by atoms with Crippen LogP contribution >= 0.6 is 0 Å². The third-order valence-electron chi connectivity index (χ3n) is 4.38. The van der Waals surface area contributed by atoms with Crippen molar-refractivity contribution in [3.63, 3.8) is 0 Å². The van der Waals surface area contributed by atoms with Crippen LogP contribution in [0.25, 0.3) is 0 Å². The third-order valence-corrected chi connectivity index (χ3v) is 4.38. The molecule has 1 heteroatoms. The molecular weight excluding hydrogens is 278 g/mol. The molecule has 23 heavy (non-hydrogen) atoms. The van der Waals surface area contributed by atoms with E-state index < -0.39 is 0 Å². The molecule has 1 aromatic rings. The van der Waals surface area contributed by atoms with Crippen molar-refractivity contribution in [1.29, 1.82) is 0 Å². The van der Waals surface area contributed by atoms with Gasteiger partial charge in [-0.3, -0.25) is 0 Å². The van der Waals surface area contributed by atoms with Crippen molar-refractivity contribution >= 4 is 0 Å². The normalized spacial score (nSPS) is 12.8.